The van der Waals surface area contributed by atoms with Crippen molar-refractivity contribution in [2.45, 2.75) is 18.7 Å². The van der Waals surface area contributed by atoms with Crippen LogP contribution in [0.3, 0.4) is 0 Å². The fraction of sp³-hybridized carbons (Fsp3) is 0.222. The van der Waals surface area contributed by atoms with Gasteiger partial charge in [-0.1, -0.05) is 29.8 Å². The number of hydrogen-bond acceptors (Lipinski definition) is 3. The van der Waals surface area contributed by atoms with Gasteiger partial charge in [0.15, 0.2) is 5.72 Å². The first-order valence-corrected chi connectivity index (χ1v) is 8.27. The second-order valence-corrected chi connectivity index (χ2v) is 6.73. The molecule has 3 N–H and O–H groups in total. The molecule has 0 spiro atoms. The highest BCUT2D eigenvalue weighted by atomic mass is 35.5. The summed E-state index contributed by atoms with van der Waals surface area (Å²) in [7, 11) is 0. The van der Waals surface area contributed by atoms with Crippen LogP contribution < -0.4 is 20.7 Å². The second kappa shape index (κ2) is 5.67. The van der Waals surface area contributed by atoms with Crippen LogP contribution in [0.4, 0.5) is 10.5 Å². The molecular weight excluding hydrogens is 342 g/mol. The molecular formula is C18H16ClN3O3. The van der Waals surface area contributed by atoms with Crippen molar-refractivity contribution in [1.29, 1.82) is 0 Å². The monoisotopic (exact) mass is 357 g/mol. The Morgan fingerprint density at radius 1 is 1.20 bits per heavy atom. The highest BCUT2D eigenvalue weighted by Crippen LogP contribution is 2.44. The number of rotatable bonds is 2. The molecule has 4 rings (SSSR count). The highest BCUT2D eigenvalue weighted by molar-refractivity contribution is 6.30. The van der Waals surface area contributed by atoms with E-state index < -0.39 is 17.7 Å². The van der Waals surface area contributed by atoms with Crippen molar-refractivity contribution in [2.24, 2.45) is 5.92 Å². The molecule has 2 aliphatic rings. The summed E-state index contributed by atoms with van der Waals surface area (Å²) in [5, 5.41) is 9.04. The fourth-order valence-electron chi connectivity index (χ4n) is 3.44. The Balaban J connectivity index is 1.69. The van der Waals surface area contributed by atoms with Gasteiger partial charge in [-0.2, -0.15) is 0 Å². The van der Waals surface area contributed by atoms with E-state index in [-0.39, 0.29) is 11.9 Å². The van der Waals surface area contributed by atoms with Crippen molar-refractivity contribution in [2.75, 3.05) is 5.32 Å². The van der Waals surface area contributed by atoms with Crippen molar-refractivity contribution in [3.63, 3.8) is 0 Å². The lowest BCUT2D eigenvalue weighted by Gasteiger charge is -2.49. The number of para-hydroxylation sites is 1. The standard InChI is InChI=1S/C18H16ClN3O3/c1-18-14(16(23)20-11-8-6-10(19)7-9-11)15(21-17(24)22-18)12-4-2-3-5-13(12)25-18/h2-9,14-15H,1H3,(H,20,23)(H2,21,22,24)/t14-,15+,18-/m0/s1. The molecule has 2 bridgehead atoms. The zero-order chi connectivity index (χ0) is 17.6. The van der Waals surface area contributed by atoms with Crippen LogP contribution in [0.5, 0.6) is 5.75 Å². The van der Waals surface area contributed by atoms with Crippen molar-refractivity contribution in [3.05, 3.63) is 59.1 Å². The molecule has 2 aromatic rings. The van der Waals surface area contributed by atoms with Crippen LogP contribution in [0.2, 0.25) is 5.02 Å². The maximum absolute atomic E-state index is 13.0. The molecule has 1 fully saturated rings. The summed E-state index contributed by atoms with van der Waals surface area (Å²) in [4.78, 5) is 25.0. The second-order valence-electron chi connectivity index (χ2n) is 6.30. The SMILES string of the molecule is C[C@]12NC(=O)N[C@H](c3ccccc3O1)[C@H]2C(=O)Nc1ccc(Cl)cc1. The van der Waals surface area contributed by atoms with E-state index >= 15 is 0 Å². The predicted molar refractivity (Wildman–Crippen MR) is 93.5 cm³/mol. The molecule has 0 saturated carbocycles. The number of hydrogen-bond donors (Lipinski definition) is 3. The minimum Gasteiger partial charge on any atom is -0.467 e. The van der Waals surface area contributed by atoms with Crippen molar-refractivity contribution in [3.8, 4) is 5.75 Å². The molecule has 2 aromatic carbocycles. The minimum atomic E-state index is -1.14. The molecule has 7 heteroatoms. The van der Waals surface area contributed by atoms with Crippen molar-refractivity contribution >= 4 is 29.2 Å². The molecule has 3 amide bonds. The van der Waals surface area contributed by atoms with E-state index in [9.17, 15) is 9.59 Å². The van der Waals surface area contributed by atoms with E-state index in [1.807, 2.05) is 24.3 Å². The van der Waals surface area contributed by atoms with Crippen LogP contribution in [0.1, 0.15) is 18.5 Å². The molecule has 0 radical (unpaired) electrons. The normalized spacial score (nSPS) is 26.6. The Bertz CT molecular complexity index is 855. The van der Waals surface area contributed by atoms with Crippen LogP contribution in [0.15, 0.2) is 48.5 Å². The van der Waals surface area contributed by atoms with Gasteiger partial charge >= 0.3 is 6.03 Å². The summed E-state index contributed by atoms with van der Waals surface area (Å²) in [6.45, 7) is 1.71. The van der Waals surface area contributed by atoms with Gasteiger partial charge in [0.05, 0.1) is 6.04 Å². The van der Waals surface area contributed by atoms with Gasteiger partial charge in [-0.3, -0.25) is 10.1 Å². The quantitative estimate of drug-likeness (QED) is 0.772. The third kappa shape index (κ3) is 2.68. The van der Waals surface area contributed by atoms with Gasteiger partial charge < -0.3 is 15.4 Å². The van der Waals surface area contributed by atoms with Crippen LogP contribution in [0, 0.1) is 5.92 Å². The van der Waals surface area contributed by atoms with Crippen LogP contribution in [-0.2, 0) is 4.79 Å². The fourth-order valence-corrected chi connectivity index (χ4v) is 3.57. The summed E-state index contributed by atoms with van der Waals surface area (Å²) in [6.07, 6.45) is 0. The third-order valence-electron chi connectivity index (χ3n) is 4.55. The smallest absolute Gasteiger partial charge is 0.318 e. The maximum Gasteiger partial charge on any atom is 0.318 e. The van der Waals surface area contributed by atoms with Crippen LogP contribution in [0.25, 0.3) is 0 Å². The molecule has 6 nitrogen and oxygen atoms in total. The Hall–Kier alpha value is -2.73. The van der Waals surface area contributed by atoms with Gasteiger partial charge in [-0.05, 0) is 37.3 Å². The summed E-state index contributed by atoms with van der Waals surface area (Å²) < 4.78 is 6.00. The van der Waals surface area contributed by atoms with Gasteiger partial charge in [0.2, 0.25) is 5.91 Å². The number of carbonyl (C=O) groups excluding carboxylic acids is 2. The molecule has 1 saturated heterocycles. The molecule has 2 heterocycles. The number of amides is 3. The highest BCUT2D eigenvalue weighted by Gasteiger charge is 2.55. The number of ether oxygens (including phenoxy) is 1. The largest absolute Gasteiger partial charge is 0.467 e. The molecule has 0 unspecified atom stereocenters. The number of halogens is 1. The number of anilines is 1. The van der Waals surface area contributed by atoms with E-state index in [0.717, 1.165) is 5.56 Å². The summed E-state index contributed by atoms with van der Waals surface area (Å²) in [5.41, 5.74) is 0.269. The number of nitrogens with one attached hydrogen (secondary N) is 3. The van der Waals surface area contributed by atoms with E-state index in [1.54, 1.807) is 31.2 Å². The lowest BCUT2D eigenvalue weighted by molar-refractivity contribution is -0.133. The topological polar surface area (TPSA) is 79.5 Å². The lowest BCUT2D eigenvalue weighted by Crippen LogP contribution is -2.70. The average molecular weight is 358 g/mol. The van der Waals surface area contributed by atoms with Crippen molar-refractivity contribution < 1.29 is 14.3 Å². The van der Waals surface area contributed by atoms with E-state index in [1.165, 1.54) is 0 Å². The Morgan fingerprint density at radius 2 is 1.92 bits per heavy atom. The summed E-state index contributed by atoms with van der Waals surface area (Å²) in [5.74, 6) is -0.245. The van der Waals surface area contributed by atoms with Crippen molar-refractivity contribution in [1.82, 2.24) is 10.6 Å². The van der Waals surface area contributed by atoms with Crippen LogP contribution in [-0.4, -0.2) is 17.7 Å². The molecule has 0 aromatic heterocycles. The average Bonchev–Trinajstić information content (AvgIpc) is 2.55. The lowest BCUT2D eigenvalue weighted by atomic mass is 9.80. The number of benzene rings is 2. The molecule has 0 aliphatic carbocycles. The number of fused-ring (bicyclic) bond motifs is 4. The number of urea groups is 1. The zero-order valence-electron chi connectivity index (χ0n) is 13.4. The van der Waals surface area contributed by atoms with Gasteiger partial charge in [-0.15, -0.1) is 0 Å². The Morgan fingerprint density at radius 3 is 2.68 bits per heavy atom. The van der Waals surface area contributed by atoms with Gasteiger partial charge in [0.1, 0.15) is 11.7 Å². The molecule has 2 aliphatic heterocycles. The Kier molecular flexibility index (Phi) is 3.58. The van der Waals surface area contributed by atoms with E-state index in [4.69, 9.17) is 16.3 Å². The first-order valence-electron chi connectivity index (χ1n) is 7.89. The molecule has 3 atom stereocenters. The summed E-state index contributed by atoms with van der Waals surface area (Å²) >= 11 is 5.88. The van der Waals surface area contributed by atoms with Gasteiger partial charge in [0.25, 0.3) is 0 Å². The Labute approximate surface area is 149 Å². The van der Waals surface area contributed by atoms with Gasteiger partial charge in [0, 0.05) is 16.3 Å². The first kappa shape index (κ1) is 15.8. The maximum atomic E-state index is 13.0. The predicted octanol–water partition coefficient (Wildman–Crippen LogP) is 3.06. The number of carbonyl (C=O) groups is 2. The van der Waals surface area contributed by atoms with E-state index in [0.29, 0.717) is 16.5 Å². The third-order valence-corrected chi connectivity index (χ3v) is 4.80. The zero-order valence-corrected chi connectivity index (χ0v) is 14.1. The van der Waals surface area contributed by atoms with Crippen LogP contribution >= 0.6 is 11.6 Å². The molecule has 128 valence electrons. The van der Waals surface area contributed by atoms with Gasteiger partial charge in [-0.25, -0.2) is 4.79 Å². The first-order chi connectivity index (χ1) is 12.0. The minimum absolute atomic E-state index is 0.253. The summed E-state index contributed by atoms with van der Waals surface area (Å²) in [6, 6.07) is 13.4. The molecule has 25 heavy (non-hydrogen) atoms. The van der Waals surface area contributed by atoms with E-state index in [2.05, 4.69) is 16.0 Å².